The van der Waals surface area contributed by atoms with Crippen molar-refractivity contribution in [2.24, 2.45) is 0 Å². The Morgan fingerprint density at radius 1 is 1.24 bits per heavy atom. The van der Waals surface area contributed by atoms with Gasteiger partial charge in [-0.2, -0.15) is 0 Å². The van der Waals surface area contributed by atoms with Crippen molar-refractivity contribution in [1.82, 2.24) is 5.32 Å². The van der Waals surface area contributed by atoms with E-state index in [0.29, 0.717) is 18.9 Å². The molecule has 2 aliphatic heterocycles. The van der Waals surface area contributed by atoms with Crippen LogP contribution < -0.4 is 10.1 Å². The average molecular weight is 389 g/mol. The summed E-state index contributed by atoms with van der Waals surface area (Å²) in [6.07, 6.45) is 1.90. The highest BCUT2D eigenvalue weighted by Crippen LogP contribution is 2.27. The number of nitrogens with one attached hydrogen (secondary N) is 1. The second kappa shape index (κ2) is 7.22. The summed E-state index contributed by atoms with van der Waals surface area (Å²) < 4.78 is 60.6. The second-order valence-corrected chi connectivity index (χ2v) is 10.8. The van der Waals surface area contributed by atoms with Crippen molar-refractivity contribution in [3.05, 3.63) is 24.3 Å². The Morgan fingerprint density at radius 3 is 2.56 bits per heavy atom. The Balaban J connectivity index is 1.80. The summed E-state index contributed by atoms with van der Waals surface area (Å²) in [6.45, 7) is 1.16. The van der Waals surface area contributed by atoms with Crippen molar-refractivity contribution in [2.45, 2.75) is 35.1 Å². The largest absolute Gasteiger partial charge is 0.497 e. The monoisotopic (exact) mass is 389 g/mol. The van der Waals surface area contributed by atoms with Crippen molar-refractivity contribution in [3.63, 3.8) is 0 Å². The molecule has 1 aromatic carbocycles. The maximum absolute atomic E-state index is 13.0. The first-order valence-electron chi connectivity index (χ1n) is 8.25. The van der Waals surface area contributed by atoms with E-state index in [1.807, 2.05) is 0 Å². The zero-order chi connectivity index (χ0) is 18.1. The molecule has 7 nitrogen and oxygen atoms in total. The predicted molar refractivity (Wildman–Crippen MR) is 93.4 cm³/mol. The molecule has 9 heteroatoms. The first-order chi connectivity index (χ1) is 11.8. The summed E-state index contributed by atoms with van der Waals surface area (Å²) in [5.74, 6) is 0.0238. The van der Waals surface area contributed by atoms with Gasteiger partial charge in [0.25, 0.3) is 0 Å². The van der Waals surface area contributed by atoms with E-state index in [4.69, 9.17) is 9.47 Å². The second-order valence-electron chi connectivity index (χ2n) is 6.49. The van der Waals surface area contributed by atoms with Gasteiger partial charge in [0, 0.05) is 19.2 Å². The number of ether oxygens (including phenoxy) is 2. The lowest BCUT2D eigenvalue weighted by molar-refractivity contribution is 0.108. The lowest BCUT2D eigenvalue weighted by Gasteiger charge is -2.21. The maximum Gasteiger partial charge on any atom is 0.183 e. The molecular weight excluding hydrogens is 366 g/mol. The van der Waals surface area contributed by atoms with Gasteiger partial charge in [0.05, 0.1) is 34.9 Å². The Bertz CT molecular complexity index is 798. The molecule has 2 heterocycles. The molecule has 2 saturated heterocycles. The number of rotatable bonds is 6. The molecule has 0 saturated carbocycles. The van der Waals surface area contributed by atoms with Crippen molar-refractivity contribution < 1.29 is 26.3 Å². The van der Waals surface area contributed by atoms with Crippen molar-refractivity contribution in [1.29, 1.82) is 0 Å². The highest BCUT2D eigenvalue weighted by atomic mass is 32.2. The highest BCUT2D eigenvalue weighted by molar-refractivity contribution is 7.96. The lowest BCUT2D eigenvalue weighted by Crippen LogP contribution is -2.45. The van der Waals surface area contributed by atoms with Gasteiger partial charge >= 0.3 is 0 Å². The molecule has 0 bridgehead atoms. The first-order valence-corrected chi connectivity index (χ1v) is 11.6. The van der Waals surface area contributed by atoms with E-state index >= 15 is 0 Å². The molecule has 3 rings (SSSR count). The van der Waals surface area contributed by atoms with Gasteiger partial charge in [-0.1, -0.05) is 0 Å². The predicted octanol–water partition coefficient (Wildman–Crippen LogP) is 0.403. The molecule has 140 valence electrons. The van der Waals surface area contributed by atoms with Crippen LogP contribution in [-0.4, -0.2) is 66.0 Å². The normalized spacial score (nSPS) is 28.9. The number of benzene rings is 1. The van der Waals surface area contributed by atoms with E-state index in [2.05, 4.69) is 5.32 Å². The van der Waals surface area contributed by atoms with Crippen LogP contribution in [0.5, 0.6) is 5.75 Å². The van der Waals surface area contributed by atoms with Crippen molar-refractivity contribution in [3.8, 4) is 5.75 Å². The fourth-order valence-electron chi connectivity index (χ4n) is 3.34. The van der Waals surface area contributed by atoms with Gasteiger partial charge in [-0.15, -0.1) is 0 Å². The van der Waals surface area contributed by atoms with Gasteiger partial charge in [-0.25, -0.2) is 16.8 Å². The molecular formula is C16H23NO6S2. The third-order valence-corrected chi connectivity index (χ3v) is 8.89. The molecule has 0 aliphatic carbocycles. The Morgan fingerprint density at radius 2 is 1.96 bits per heavy atom. The summed E-state index contributed by atoms with van der Waals surface area (Å²) in [5.41, 5.74) is 0. The van der Waals surface area contributed by atoms with Crippen LogP contribution in [0.1, 0.15) is 12.8 Å². The van der Waals surface area contributed by atoms with E-state index in [0.717, 1.165) is 12.8 Å². The molecule has 2 aliphatic rings. The standard InChI is InChI=1S/C16H23NO6S2/c1-22-12-4-6-14(7-5-12)25(20,21)16-11-24(18,19)10-15(16)17-9-13-3-2-8-23-13/h4-7,13,15-17H,2-3,8-11H2,1H3/t13-,15+,16+/m1/s1. The summed E-state index contributed by atoms with van der Waals surface area (Å²) in [7, 11) is -5.67. The maximum atomic E-state index is 13.0. The van der Waals surface area contributed by atoms with Crippen LogP contribution >= 0.6 is 0 Å². The van der Waals surface area contributed by atoms with Gasteiger partial charge in [-0.05, 0) is 37.1 Å². The number of hydrogen-bond donors (Lipinski definition) is 1. The van der Waals surface area contributed by atoms with Crippen molar-refractivity contribution >= 4 is 19.7 Å². The molecule has 0 unspecified atom stereocenters. The summed E-state index contributed by atoms with van der Waals surface area (Å²) in [4.78, 5) is 0.110. The minimum atomic E-state index is -3.77. The summed E-state index contributed by atoms with van der Waals surface area (Å²) in [6, 6.07) is 5.41. The van der Waals surface area contributed by atoms with Gasteiger partial charge in [0.1, 0.15) is 5.75 Å². The number of methoxy groups -OCH3 is 1. The van der Waals surface area contributed by atoms with E-state index in [1.165, 1.54) is 19.2 Å². The van der Waals surface area contributed by atoms with Crippen LogP contribution in [-0.2, 0) is 24.4 Å². The van der Waals surface area contributed by atoms with E-state index < -0.39 is 31.0 Å². The fraction of sp³-hybridized carbons (Fsp3) is 0.625. The third-order valence-electron chi connectivity index (χ3n) is 4.72. The average Bonchev–Trinajstić information content (AvgIpc) is 3.20. The summed E-state index contributed by atoms with van der Waals surface area (Å²) >= 11 is 0. The third kappa shape index (κ3) is 4.16. The van der Waals surface area contributed by atoms with Crippen LogP contribution in [0.15, 0.2) is 29.2 Å². The number of sulfone groups is 2. The fourth-order valence-corrected chi connectivity index (χ4v) is 8.06. The van der Waals surface area contributed by atoms with Gasteiger partial charge in [0.2, 0.25) is 0 Å². The topological polar surface area (TPSA) is 98.8 Å². The van der Waals surface area contributed by atoms with Gasteiger partial charge < -0.3 is 14.8 Å². The molecule has 3 atom stereocenters. The van der Waals surface area contributed by atoms with Crippen LogP contribution in [0.4, 0.5) is 0 Å². The van der Waals surface area contributed by atoms with E-state index in [-0.39, 0.29) is 22.5 Å². The van der Waals surface area contributed by atoms with Crippen LogP contribution in [0.2, 0.25) is 0 Å². The molecule has 0 amide bonds. The first kappa shape index (κ1) is 18.6. The molecule has 0 spiro atoms. The lowest BCUT2D eigenvalue weighted by atomic mass is 10.2. The van der Waals surface area contributed by atoms with Crippen molar-refractivity contribution in [2.75, 3.05) is 31.8 Å². The van der Waals surface area contributed by atoms with Gasteiger partial charge in [-0.3, -0.25) is 0 Å². The van der Waals surface area contributed by atoms with E-state index in [9.17, 15) is 16.8 Å². The highest BCUT2D eigenvalue weighted by Gasteiger charge is 2.45. The van der Waals surface area contributed by atoms with Crippen LogP contribution in [0.25, 0.3) is 0 Å². The molecule has 0 aromatic heterocycles. The zero-order valence-electron chi connectivity index (χ0n) is 14.1. The minimum absolute atomic E-state index is 0.0210. The molecule has 25 heavy (non-hydrogen) atoms. The summed E-state index contributed by atoms with van der Waals surface area (Å²) in [5, 5.41) is 2.13. The quantitative estimate of drug-likeness (QED) is 0.752. The van der Waals surface area contributed by atoms with Crippen LogP contribution in [0.3, 0.4) is 0 Å². The Labute approximate surface area is 148 Å². The molecule has 0 radical (unpaired) electrons. The molecule has 1 N–H and O–H groups in total. The van der Waals surface area contributed by atoms with Crippen LogP contribution in [0, 0.1) is 0 Å². The zero-order valence-corrected chi connectivity index (χ0v) is 15.7. The van der Waals surface area contributed by atoms with Gasteiger partial charge in [0.15, 0.2) is 19.7 Å². The number of hydrogen-bond acceptors (Lipinski definition) is 7. The SMILES string of the molecule is COc1ccc(S(=O)(=O)[C@H]2CS(=O)(=O)C[C@@H]2NC[C@H]2CCCO2)cc1. The molecule has 1 aromatic rings. The Kier molecular flexibility index (Phi) is 5.38. The smallest absolute Gasteiger partial charge is 0.183 e. The van der Waals surface area contributed by atoms with E-state index in [1.54, 1.807) is 12.1 Å². The Hall–Kier alpha value is -1.16. The molecule has 2 fully saturated rings. The minimum Gasteiger partial charge on any atom is -0.497 e.